The number of fused-ring (bicyclic) bond motifs is 6. The first-order valence-corrected chi connectivity index (χ1v) is 17.8. The largest absolute Gasteiger partial charge is 0.460 e. The van der Waals surface area contributed by atoms with Gasteiger partial charge >= 0.3 is 0 Å². The monoisotopic (exact) mass is 670 g/mol. The second kappa shape index (κ2) is 12.5. The summed E-state index contributed by atoms with van der Waals surface area (Å²) in [6.07, 6.45) is 6.41. The van der Waals surface area contributed by atoms with Crippen LogP contribution in [-0.2, 0) is 6.42 Å². The van der Waals surface area contributed by atoms with Crippen LogP contribution in [-0.4, -0.2) is 0 Å². The van der Waals surface area contributed by atoms with Gasteiger partial charge in [0.1, 0.15) is 22.5 Å². The summed E-state index contributed by atoms with van der Waals surface area (Å²) in [5, 5.41) is 3.36. The van der Waals surface area contributed by atoms with Gasteiger partial charge in [-0.05, 0) is 96.4 Å². The van der Waals surface area contributed by atoms with Gasteiger partial charge < -0.3 is 18.6 Å². The second-order valence-corrected chi connectivity index (χ2v) is 13.2. The molecule has 0 fully saturated rings. The minimum atomic E-state index is 0.876. The average Bonchev–Trinajstić information content (AvgIpc) is 3.79. The predicted molar refractivity (Wildman–Crippen MR) is 216 cm³/mol. The summed E-state index contributed by atoms with van der Waals surface area (Å²) >= 11 is 0. The van der Waals surface area contributed by atoms with Gasteiger partial charge in [-0.15, -0.1) is 0 Å². The Morgan fingerprint density at radius 1 is 0.404 bits per heavy atom. The SMILES string of the molecule is C1=Cc2c(oc3cccc(N(c4ccccc4)c4ccc(-c5ccc(N(c6ccccc6)c6cccc7oc8ccccc8c67)cc5)cc4)c23)CC1. The molecule has 2 heterocycles. The molecule has 0 unspecified atom stereocenters. The van der Waals surface area contributed by atoms with Gasteiger partial charge in [0, 0.05) is 40.1 Å². The van der Waals surface area contributed by atoms with E-state index in [9.17, 15) is 0 Å². The maximum absolute atomic E-state index is 6.36. The molecular weight excluding hydrogens is 637 g/mol. The molecular formula is C48H34N2O2. The Bertz CT molecular complexity index is 2720. The number of allylic oxidation sites excluding steroid dienone is 1. The van der Waals surface area contributed by atoms with Crippen LogP contribution >= 0.6 is 0 Å². The Kier molecular flexibility index (Phi) is 7.24. The lowest BCUT2D eigenvalue weighted by molar-refractivity contribution is 0.546. The molecule has 4 heteroatoms. The van der Waals surface area contributed by atoms with Gasteiger partial charge in [0.25, 0.3) is 0 Å². The van der Waals surface area contributed by atoms with Gasteiger partial charge in [0.05, 0.1) is 22.1 Å². The first-order valence-electron chi connectivity index (χ1n) is 17.8. The lowest BCUT2D eigenvalue weighted by Crippen LogP contribution is -2.10. The van der Waals surface area contributed by atoms with E-state index in [0.29, 0.717) is 0 Å². The minimum absolute atomic E-state index is 0.876. The molecule has 248 valence electrons. The van der Waals surface area contributed by atoms with Crippen molar-refractivity contribution in [3.8, 4) is 11.1 Å². The normalized spacial score (nSPS) is 12.4. The fourth-order valence-electron chi connectivity index (χ4n) is 7.72. The first kappa shape index (κ1) is 30.1. The summed E-state index contributed by atoms with van der Waals surface area (Å²) in [5.74, 6) is 1.07. The van der Waals surface area contributed by atoms with Crippen molar-refractivity contribution >= 4 is 73.1 Å². The standard InChI is InChI=1S/C48H34N2O2/c1-3-13-35(14-4-1)49(41-19-11-23-45-47(41)39-17-7-9-21-43(39)51-45)37-29-25-33(26-30-37)34-27-31-38(32-28-34)50(36-15-5-2-6-16-36)42-20-12-24-46-48(42)40-18-8-10-22-44(40)52-46/h1-9,11-21,23-32H,10,22H2. The lowest BCUT2D eigenvalue weighted by Gasteiger charge is -2.27. The van der Waals surface area contributed by atoms with E-state index in [4.69, 9.17) is 8.83 Å². The maximum Gasteiger partial charge on any atom is 0.137 e. The molecule has 0 radical (unpaired) electrons. The molecule has 1 aliphatic carbocycles. The van der Waals surface area contributed by atoms with Crippen molar-refractivity contribution in [3.63, 3.8) is 0 Å². The predicted octanol–water partition coefficient (Wildman–Crippen LogP) is 13.9. The highest BCUT2D eigenvalue weighted by Gasteiger charge is 2.23. The molecule has 2 aromatic heterocycles. The van der Waals surface area contributed by atoms with Crippen molar-refractivity contribution in [2.45, 2.75) is 12.8 Å². The summed E-state index contributed by atoms with van der Waals surface area (Å²) in [5.41, 5.74) is 12.7. The van der Waals surface area contributed by atoms with Gasteiger partial charge in [-0.2, -0.15) is 0 Å². The van der Waals surface area contributed by atoms with E-state index in [1.807, 2.05) is 18.2 Å². The number of anilines is 6. The molecule has 4 nitrogen and oxygen atoms in total. The highest BCUT2D eigenvalue weighted by molar-refractivity contribution is 6.13. The molecule has 1 aliphatic rings. The molecule has 0 bridgehead atoms. The Morgan fingerprint density at radius 2 is 0.904 bits per heavy atom. The number of hydrogen-bond acceptors (Lipinski definition) is 4. The van der Waals surface area contributed by atoms with Crippen LogP contribution in [0.2, 0.25) is 0 Å². The number of benzene rings is 7. The lowest BCUT2D eigenvalue weighted by atomic mass is 10.00. The third-order valence-electron chi connectivity index (χ3n) is 10.1. The quantitative estimate of drug-likeness (QED) is 0.169. The number of rotatable bonds is 7. The highest BCUT2D eigenvalue weighted by atomic mass is 16.3. The third kappa shape index (κ3) is 5.07. The van der Waals surface area contributed by atoms with E-state index < -0.39 is 0 Å². The zero-order valence-corrected chi connectivity index (χ0v) is 28.4. The minimum Gasteiger partial charge on any atom is -0.460 e. The van der Waals surface area contributed by atoms with E-state index >= 15 is 0 Å². The second-order valence-electron chi connectivity index (χ2n) is 13.2. The summed E-state index contributed by atoms with van der Waals surface area (Å²) < 4.78 is 12.6. The van der Waals surface area contributed by atoms with Crippen LogP contribution < -0.4 is 9.80 Å². The Labute approximate surface area is 302 Å². The third-order valence-corrected chi connectivity index (χ3v) is 10.1. The van der Waals surface area contributed by atoms with E-state index in [2.05, 4.69) is 174 Å². The summed E-state index contributed by atoms with van der Waals surface area (Å²) in [6, 6.07) is 59.8. The molecule has 0 spiro atoms. The fourth-order valence-corrected chi connectivity index (χ4v) is 7.72. The van der Waals surface area contributed by atoms with Crippen LogP contribution in [0.5, 0.6) is 0 Å². The van der Waals surface area contributed by atoms with Gasteiger partial charge in [0.15, 0.2) is 0 Å². The maximum atomic E-state index is 6.36. The van der Waals surface area contributed by atoms with E-state index in [0.717, 1.165) is 96.8 Å². The average molecular weight is 671 g/mol. The summed E-state index contributed by atoms with van der Waals surface area (Å²) in [6.45, 7) is 0. The van der Waals surface area contributed by atoms with Gasteiger partial charge in [-0.25, -0.2) is 0 Å². The van der Waals surface area contributed by atoms with Crippen molar-refractivity contribution in [1.82, 2.24) is 0 Å². The molecule has 0 amide bonds. The number of hydrogen-bond donors (Lipinski definition) is 0. The Hall–Kier alpha value is -6.78. The molecule has 0 N–H and O–H groups in total. The fraction of sp³-hybridized carbons (Fsp3) is 0.0417. The van der Waals surface area contributed by atoms with Crippen LogP contribution in [0.25, 0.3) is 50.1 Å². The zero-order valence-electron chi connectivity index (χ0n) is 28.4. The van der Waals surface area contributed by atoms with Gasteiger partial charge in [-0.3, -0.25) is 0 Å². The Balaban J connectivity index is 1.03. The molecule has 0 atom stereocenters. The van der Waals surface area contributed by atoms with Gasteiger partial charge in [0.2, 0.25) is 0 Å². The summed E-state index contributed by atoms with van der Waals surface area (Å²) in [7, 11) is 0. The number of furan rings is 2. The van der Waals surface area contributed by atoms with E-state index in [-0.39, 0.29) is 0 Å². The summed E-state index contributed by atoms with van der Waals surface area (Å²) in [4.78, 5) is 4.66. The number of para-hydroxylation sites is 3. The number of aryl methyl sites for hydroxylation is 1. The topological polar surface area (TPSA) is 32.8 Å². The van der Waals surface area contributed by atoms with Crippen molar-refractivity contribution < 1.29 is 8.83 Å². The zero-order chi connectivity index (χ0) is 34.4. The van der Waals surface area contributed by atoms with E-state index in [1.54, 1.807) is 0 Å². The van der Waals surface area contributed by atoms with Crippen LogP contribution in [0.1, 0.15) is 17.7 Å². The van der Waals surface area contributed by atoms with Crippen molar-refractivity contribution in [2.24, 2.45) is 0 Å². The van der Waals surface area contributed by atoms with Crippen LogP contribution in [0.3, 0.4) is 0 Å². The van der Waals surface area contributed by atoms with Crippen LogP contribution in [0.4, 0.5) is 34.1 Å². The molecule has 9 aromatic rings. The van der Waals surface area contributed by atoms with Crippen molar-refractivity contribution in [2.75, 3.05) is 9.80 Å². The van der Waals surface area contributed by atoms with E-state index in [1.165, 1.54) is 5.56 Å². The molecule has 0 saturated carbocycles. The van der Waals surface area contributed by atoms with Crippen LogP contribution in [0, 0.1) is 0 Å². The van der Waals surface area contributed by atoms with Crippen LogP contribution in [0.15, 0.2) is 185 Å². The highest BCUT2D eigenvalue weighted by Crippen LogP contribution is 2.45. The van der Waals surface area contributed by atoms with Gasteiger partial charge in [-0.1, -0.05) is 103 Å². The Morgan fingerprint density at radius 3 is 1.52 bits per heavy atom. The molecule has 0 aliphatic heterocycles. The van der Waals surface area contributed by atoms with Crippen molar-refractivity contribution in [3.05, 3.63) is 187 Å². The smallest absolute Gasteiger partial charge is 0.137 e. The molecule has 0 saturated heterocycles. The van der Waals surface area contributed by atoms with Crippen molar-refractivity contribution in [1.29, 1.82) is 0 Å². The molecule has 52 heavy (non-hydrogen) atoms. The first-order chi connectivity index (χ1) is 25.8. The molecule has 10 rings (SSSR count). The number of nitrogens with zero attached hydrogens (tertiary/aromatic N) is 2. The molecule has 7 aromatic carbocycles.